The number of benzene rings is 1. The molecule has 5 nitrogen and oxygen atoms in total. The van der Waals surface area contributed by atoms with Crippen LogP contribution in [0.15, 0.2) is 41.8 Å². The summed E-state index contributed by atoms with van der Waals surface area (Å²) in [7, 11) is 0. The molecule has 0 atom stereocenters. The first kappa shape index (κ1) is 18.4. The number of amides is 1. The van der Waals surface area contributed by atoms with E-state index in [1.807, 2.05) is 0 Å². The van der Waals surface area contributed by atoms with E-state index in [-0.39, 0.29) is 22.0 Å². The van der Waals surface area contributed by atoms with Crippen LogP contribution in [-0.4, -0.2) is 22.0 Å². The molecule has 0 aliphatic heterocycles. The number of halogens is 2. The number of aromatic nitrogens is 1. The summed E-state index contributed by atoms with van der Waals surface area (Å²) >= 11 is 13.1. The summed E-state index contributed by atoms with van der Waals surface area (Å²) in [4.78, 5) is 28.8. The van der Waals surface area contributed by atoms with Crippen molar-refractivity contribution in [2.24, 2.45) is 0 Å². The number of rotatable bonds is 4. The second kappa shape index (κ2) is 7.45. The number of carbonyl (C=O) groups excluding carboxylic acids is 1. The van der Waals surface area contributed by atoms with Gasteiger partial charge >= 0.3 is 5.97 Å². The molecule has 0 saturated heterocycles. The monoisotopic (exact) mass is 406 g/mol. The first-order valence-electron chi connectivity index (χ1n) is 7.42. The average molecular weight is 407 g/mol. The van der Waals surface area contributed by atoms with Crippen LogP contribution in [0.25, 0.3) is 10.4 Å². The van der Waals surface area contributed by atoms with Crippen LogP contribution >= 0.6 is 34.5 Å². The summed E-state index contributed by atoms with van der Waals surface area (Å²) in [5.74, 6) is -1.66. The van der Waals surface area contributed by atoms with E-state index in [1.165, 1.54) is 11.3 Å². The smallest absolute Gasteiger partial charge is 0.339 e. The number of pyridine rings is 1. The molecular formula is C18H12Cl2N2O3S. The second-order valence-corrected chi connectivity index (χ2v) is 7.08. The van der Waals surface area contributed by atoms with E-state index in [1.54, 1.807) is 48.7 Å². The maximum Gasteiger partial charge on any atom is 0.339 e. The summed E-state index contributed by atoms with van der Waals surface area (Å²) in [6.07, 6.45) is 0. The molecule has 1 aromatic carbocycles. The van der Waals surface area contributed by atoms with Gasteiger partial charge in [-0.1, -0.05) is 35.3 Å². The summed E-state index contributed by atoms with van der Waals surface area (Å²) < 4.78 is 0. The number of aryl methyl sites for hydroxylation is 1. The minimum Gasteiger partial charge on any atom is -0.478 e. The van der Waals surface area contributed by atoms with Crippen molar-refractivity contribution >= 4 is 52.1 Å². The lowest BCUT2D eigenvalue weighted by atomic mass is 10.1. The summed E-state index contributed by atoms with van der Waals surface area (Å²) in [6, 6.07) is 10.0. The molecule has 2 heterocycles. The van der Waals surface area contributed by atoms with Gasteiger partial charge in [0.2, 0.25) is 0 Å². The summed E-state index contributed by atoms with van der Waals surface area (Å²) in [5.41, 5.74) is 1.77. The van der Waals surface area contributed by atoms with Crippen LogP contribution in [0.5, 0.6) is 0 Å². The molecule has 3 aromatic rings. The van der Waals surface area contributed by atoms with Gasteiger partial charge in [0.05, 0.1) is 16.1 Å². The number of carboxylic acid groups (broad SMARTS) is 1. The molecule has 0 radical (unpaired) electrons. The molecule has 8 heteroatoms. The van der Waals surface area contributed by atoms with Crippen molar-refractivity contribution in [2.45, 2.75) is 6.92 Å². The van der Waals surface area contributed by atoms with E-state index < -0.39 is 11.9 Å². The lowest BCUT2D eigenvalue weighted by Gasteiger charge is -2.07. The highest BCUT2D eigenvalue weighted by Gasteiger charge is 2.22. The van der Waals surface area contributed by atoms with Gasteiger partial charge in [0.15, 0.2) is 0 Å². The van der Waals surface area contributed by atoms with Crippen molar-refractivity contribution < 1.29 is 14.7 Å². The Hall–Kier alpha value is -2.41. The SMILES string of the molecule is Cc1ccc(C(=O)Nc2csc(-c3ccc(Cl)cc3)c2C(=O)O)c(Cl)n1. The van der Waals surface area contributed by atoms with Crippen LogP contribution in [-0.2, 0) is 0 Å². The molecule has 2 aromatic heterocycles. The van der Waals surface area contributed by atoms with Gasteiger partial charge in [0.25, 0.3) is 5.91 Å². The first-order valence-corrected chi connectivity index (χ1v) is 9.05. The molecule has 0 unspecified atom stereocenters. The average Bonchev–Trinajstić information content (AvgIpc) is 2.99. The highest BCUT2D eigenvalue weighted by molar-refractivity contribution is 7.14. The molecule has 2 N–H and O–H groups in total. The third kappa shape index (κ3) is 3.72. The fourth-order valence-corrected chi connectivity index (χ4v) is 3.77. The number of hydrogen-bond acceptors (Lipinski definition) is 4. The number of anilines is 1. The molecule has 0 saturated carbocycles. The van der Waals surface area contributed by atoms with Crippen LogP contribution in [0, 0.1) is 6.92 Å². The first-order chi connectivity index (χ1) is 12.4. The Bertz CT molecular complexity index is 1000. The molecule has 1 amide bonds. The topological polar surface area (TPSA) is 79.3 Å². The Labute approximate surface area is 163 Å². The van der Waals surface area contributed by atoms with Crippen molar-refractivity contribution in [1.29, 1.82) is 0 Å². The van der Waals surface area contributed by atoms with Gasteiger partial charge in [-0.25, -0.2) is 9.78 Å². The van der Waals surface area contributed by atoms with Crippen LogP contribution in [0.3, 0.4) is 0 Å². The van der Waals surface area contributed by atoms with Crippen molar-refractivity contribution in [3.05, 3.63) is 68.8 Å². The van der Waals surface area contributed by atoms with Crippen LogP contribution in [0.2, 0.25) is 10.2 Å². The fraction of sp³-hybridized carbons (Fsp3) is 0.0556. The lowest BCUT2D eigenvalue weighted by molar-refractivity contribution is 0.0699. The van der Waals surface area contributed by atoms with Crippen molar-refractivity contribution in [1.82, 2.24) is 4.98 Å². The van der Waals surface area contributed by atoms with Gasteiger partial charge < -0.3 is 10.4 Å². The highest BCUT2D eigenvalue weighted by Crippen LogP contribution is 2.36. The van der Waals surface area contributed by atoms with E-state index in [9.17, 15) is 14.7 Å². The largest absolute Gasteiger partial charge is 0.478 e. The van der Waals surface area contributed by atoms with E-state index in [0.29, 0.717) is 21.2 Å². The molecule has 0 bridgehead atoms. The van der Waals surface area contributed by atoms with Gasteiger partial charge in [0, 0.05) is 16.1 Å². The zero-order valence-electron chi connectivity index (χ0n) is 13.4. The van der Waals surface area contributed by atoms with Crippen LogP contribution < -0.4 is 5.32 Å². The number of thiophene rings is 1. The normalized spacial score (nSPS) is 10.6. The zero-order chi connectivity index (χ0) is 18.8. The lowest BCUT2D eigenvalue weighted by Crippen LogP contribution is -2.15. The third-order valence-corrected chi connectivity index (χ3v) is 5.16. The standard InChI is InChI=1S/C18H12Cl2N2O3S/c1-9-2-7-12(16(20)21-9)17(23)22-13-8-26-15(14(13)18(24)25)10-3-5-11(19)6-4-10/h2-8H,1H3,(H,22,23)(H,24,25). The Morgan fingerprint density at radius 3 is 2.42 bits per heavy atom. The Kier molecular flexibility index (Phi) is 5.27. The summed E-state index contributed by atoms with van der Waals surface area (Å²) in [6.45, 7) is 1.76. The molecule has 0 spiro atoms. The van der Waals surface area contributed by atoms with Gasteiger partial charge in [-0.2, -0.15) is 0 Å². The molecule has 0 aliphatic rings. The van der Waals surface area contributed by atoms with Gasteiger partial charge in [-0.15, -0.1) is 11.3 Å². The Morgan fingerprint density at radius 2 is 1.81 bits per heavy atom. The van der Waals surface area contributed by atoms with E-state index in [4.69, 9.17) is 23.2 Å². The highest BCUT2D eigenvalue weighted by atomic mass is 35.5. The fourth-order valence-electron chi connectivity index (χ4n) is 2.36. The molecule has 0 fully saturated rings. The number of carboxylic acids is 1. The second-order valence-electron chi connectivity index (χ2n) is 5.41. The van der Waals surface area contributed by atoms with Gasteiger partial charge in [-0.05, 0) is 36.8 Å². The zero-order valence-corrected chi connectivity index (χ0v) is 15.7. The van der Waals surface area contributed by atoms with Gasteiger partial charge in [0.1, 0.15) is 10.7 Å². The summed E-state index contributed by atoms with van der Waals surface area (Å²) in [5, 5.41) is 14.4. The van der Waals surface area contributed by atoms with Crippen LogP contribution in [0.1, 0.15) is 26.4 Å². The molecule has 0 aliphatic carbocycles. The van der Waals surface area contributed by atoms with Crippen molar-refractivity contribution in [3.63, 3.8) is 0 Å². The Morgan fingerprint density at radius 1 is 1.12 bits per heavy atom. The maximum absolute atomic E-state index is 12.5. The molecular weight excluding hydrogens is 395 g/mol. The van der Waals surface area contributed by atoms with Crippen molar-refractivity contribution in [2.75, 3.05) is 5.32 Å². The predicted molar refractivity (Wildman–Crippen MR) is 104 cm³/mol. The van der Waals surface area contributed by atoms with E-state index >= 15 is 0 Å². The number of carbonyl (C=O) groups is 2. The maximum atomic E-state index is 12.5. The number of nitrogens with one attached hydrogen (secondary N) is 1. The van der Waals surface area contributed by atoms with Gasteiger partial charge in [-0.3, -0.25) is 4.79 Å². The number of hydrogen-bond donors (Lipinski definition) is 2. The quantitative estimate of drug-likeness (QED) is 0.570. The molecule has 3 rings (SSSR count). The number of aromatic carboxylic acids is 1. The van der Waals surface area contributed by atoms with Crippen LogP contribution in [0.4, 0.5) is 5.69 Å². The molecule has 132 valence electrons. The van der Waals surface area contributed by atoms with E-state index in [2.05, 4.69) is 10.3 Å². The Balaban J connectivity index is 1.97. The third-order valence-electron chi connectivity index (χ3n) is 3.59. The molecule has 26 heavy (non-hydrogen) atoms. The minimum absolute atomic E-state index is 0.0156. The van der Waals surface area contributed by atoms with E-state index in [0.717, 1.165) is 0 Å². The number of nitrogens with zero attached hydrogens (tertiary/aromatic N) is 1. The predicted octanol–water partition coefficient (Wildman–Crippen LogP) is 5.38. The van der Waals surface area contributed by atoms with Crippen molar-refractivity contribution in [3.8, 4) is 10.4 Å². The minimum atomic E-state index is -1.14.